The van der Waals surface area contributed by atoms with Gasteiger partial charge in [0.05, 0.1) is 26.4 Å². The van der Waals surface area contributed by atoms with Gasteiger partial charge in [-0.25, -0.2) is 9.13 Å². The van der Waals surface area contributed by atoms with Crippen LogP contribution in [-0.4, -0.2) is 96.7 Å². The SMILES string of the molecule is CCCCCCCCCCCCCCCCCCCCC(=O)O[C@H](COC(=O)CCCCCCCCCCCCCCCCC(C)C)COP(=O)(O)OC[C@@H](O)COP(=O)(O)OC[C@@H](COC(=O)CCCCCCCCCC(C)C)OC(=O)CCCCCCCCCCCCC(C)C. The van der Waals surface area contributed by atoms with Crippen molar-refractivity contribution in [1.29, 1.82) is 0 Å². The van der Waals surface area contributed by atoms with Gasteiger partial charge in [-0.2, -0.15) is 0 Å². The molecule has 0 rings (SSSR count). The largest absolute Gasteiger partial charge is 0.472 e. The van der Waals surface area contributed by atoms with Crippen LogP contribution in [0.1, 0.15) is 408 Å². The number of hydrogen-bond donors (Lipinski definition) is 3. The molecule has 0 bridgehead atoms. The standard InChI is InChI=1S/C79H154O17P2/c1-8-9-10-11-12-13-14-15-16-17-18-19-24-27-33-40-48-55-62-78(83)95-74(66-89-76(81)60-53-46-39-32-26-23-21-20-22-25-30-36-43-50-57-70(2)3)68-93-97(85,86)91-64-73(80)65-92-98(87,88)94-69-75(67-90-77(82)61-54-47-42-35-38-45-52-59-72(6)7)96-79(84)63-56-49-41-34-29-28-31-37-44-51-58-71(4)5/h70-75,80H,8-69H2,1-7H3,(H,85,86)(H,87,88)/t73-,74-,75-/m1/s1. The Morgan fingerprint density at radius 3 is 0.694 bits per heavy atom. The molecule has 0 aliphatic rings. The number of carbonyl (C=O) groups is 4. The number of ether oxygens (including phenoxy) is 4. The second-order valence-corrected chi connectivity index (χ2v) is 32.8. The first-order valence-electron chi connectivity index (χ1n) is 40.8. The van der Waals surface area contributed by atoms with E-state index in [0.717, 1.165) is 108 Å². The van der Waals surface area contributed by atoms with Crippen LogP contribution in [0, 0.1) is 17.8 Å². The lowest BCUT2D eigenvalue weighted by molar-refractivity contribution is -0.161. The van der Waals surface area contributed by atoms with E-state index in [-0.39, 0.29) is 25.7 Å². The average molecular weight is 1440 g/mol. The number of phosphoric acid groups is 2. The lowest BCUT2D eigenvalue weighted by Gasteiger charge is -2.21. The molecule has 0 radical (unpaired) electrons. The molecule has 19 heteroatoms. The molecule has 0 amide bonds. The van der Waals surface area contributed by atoms with Crippen molar-refractivity contribution in [3.05, 3.63) is 0 Å². The van der Waals surface area contributed by atoms with Crippen LogP contribution in [0.5, 0.6) is 0 Å². The normalized spacial score (nSPS) is 14.0. The van der Waals surface area contributed by atoms with Crippen molar-refractivity contribution in [3.63, 3.8) is 0 Å². The molecule has 582 valence electrons. The van der Waals surface area contributed by atoms with Crippen LogP contribution >= 0.6 is 15.6 Å². The summed E-state index contributed by atoms with van der Waals surface area (Å²) >= 11 is 0. The van der Waals surface area contributed by atoms with Crippen molar-refractivity contribution in [1.82, 2.24) is 0 Å². The van der Waals surface area contributed by atoms with E-state index in [4.69, 9.17) is 37.0 Å². The van der Waals surface area contributed by atoms with Crippen molar-refractivity contribution in [2.24, 2.45) is 17.8 Å². The van der Waals surface area contributed by atoms with Gasteiger partial charge in [0.1, 0.15) is 19.3 Å². The molecule has 98 heavy (non-hydrogen) atoms. The van der Waals surface area contributed by atoms with Gasteiger partial charge in [-0.1, -0.05) is 357 Å². The molecule has 0 spiro atoms. The van der Waals surface area contributed by atoms with Crippen LogP contribution in [0.2, 0.25) is 0 Å². The van der Waals surface area contributed by atoms with E-state index in [1.807, 2.05) is 0 Å². The van der Waals surface area contributed by atoms with Gasteiger partial charge in [0.2, 0.25) is 0 Å². The van der Waals surface area contributed by atoms with E-state index in [9.17, 15) is 43.2 Å². The van der Waals surface area contributed by atoms with Gasteiger partial charge in [0.25, 0.3) is 0 Å². The molecule has 17 nitrogen and oxygen atoms in total. The Labute approximate surface area is 600 Å². The molecule has 3 N–H and O–H groups in total. The molecule has 0 aromatic carbocycles. The fraction of sp³-hybridized carbons (Fsp3) is 0.949. The number of aliphatic hydroxyl groups excluding tert-OH is 1. The molecular formula is C79H154O17P2. The molecule has 0 saturated heterocycles. The van der Waals surface area contributed by atoms with Gasteiger partial charge < -0.3 is 33.8 Å². The van der Waals surface area contributed by atoms with Gasteiger partial charge >= 0.3 is 39.5 Å². The Balaban J connectivity index is 5.24. The predicted octanol–water partition coefficient (Wildman–Crippen LogP) is 23.4. The fourth-order valence-corrected chi connectivity index (χ4v) is 13.7. The third kappa shape index (κ3) is 72.4. The Hall–Kier alpha value is -1.94. The molecule has 0 aliphatic carbocycles. The monoisotopic (exact) mass is 1440 g/mol. The van der Waals surface area contributed by atoms with E-state index < -0.39 is 97.5 Å². The second kappa shape index (κ2) is 69.4. The number of unbranched alkanes of at least 4 members (excludes halogenated alkanes) is 45. The minimum atomic E-state index is -4.96. The van der Waals surface area contributed by atoms with E-state index >= 15 is 0 Å². The van der Waals surface area contributed by atoms with E-state index in [1.165, 1.54) is 212 Å². The lowest BCUT2D eigenvalue weighted by atomic mass is 10.0. The summed E-state index contributed by atoms with van der Waals surface area (Å²) in [6.07, 6.45) is 57.0. The molecule has 0 saturated carbocycles. The zero-order valence-corrected chi connectivity index (χ0v) is 66.0. The van der Waals surface area contributed by atoms with Crippen molar-refractivity contribution < 1.29 is 80.2 Å². The molecule has 0 aliphatic heterocycles. The second-order valence-electron chi connectivity index (χ2n) is 29.9. The van der Waals surface area contributed by atoms with Crippen LogP contribution in [0.25, 0.3) is 0 Å². The number of hydrogen-bond acceptors (Lipinski definition) is 15. The third-order valence-electron chi connectivity index (χ3n) is 18.4. The van der Waals surface area contributed by atoms with Crippen LogP contribution in [-0.2, 0) is 65.4 Å². The zero-order chi connectivity index (χ0) is 72.3. The maximum absolute atomic E-state index is 13.1. The highest BCUT2D eigenvalue weighted by molar-refractivity contribution is 7.47. The van der Waals surface area contributed by atoms with Crippen LogP contribution < -0.4 is 0 Å². The maximum Gasteiger partial charge on any atom is 0.472 e. The van der Waals surface area contributed by atoms with E-state index in [0.29, 0.717) is 31.6 Å². The third-order valence-corrected chi connectivity index (χ3v) is 20.3. The minimum Gasteiger partial charge on any atom is -0.462 e. The first kappa shape index (κ1) is 96.1. The van der Waals surface area contributed by atoms with Crippen LogP contribution in [0.4, 0.5) is 0 Å². The molecule has 0 aromatic heterocycles. The van der Waals surface area contributed by atoms with Crippen LogP contribution in [0.15, 0.2) is 0 Å². The van der Waals surface area contributed by atoms with Crippen molar-refractivity contribution in [2.75, 3.05) is 39.6 Å². The average Bonchev–Trinajstić information content (AvgIpc) is 1.01. The molecule has 0 fully saturated rings. The first-order valence-corrected chi connectivity index (χ1v) is 43.8. The number of phosphoric ester groups is 2. The minimum absolute atomic E-state index is 0.105. The Kier molecular flexibility index (Phi) is 68.1. The number of rotatable bonds is 77. The lowest BCUT2D eigenvalue weighted by Crippen LogP contribution is -2.30. The zero-order valence-electron chi connectivity index (χ0n) is 64.3. The Bertz CT molecular complexity index is 1900. The molecule has 0 aromatic rings. The molecular weight excluding hydrogens is 1280 g/mol. The number of aliphatic hydroxyl groups is 1. The highest BCUT2D eigenvalue weighted by Gasteiger charge is 2.30. The summed E-state index contributed by atoms with van der Waals surface area (Å²) in [5, 5.41) is 10.6. The van der Waals surface area contributed by atoms with Crippen molar-refractivity contribution >= 4 is 39.5 Å². The summed E-state index contributed by atoms with van der Waals surface area (Å²) in [6, 6.07) is 0. The summed E-state index contributed by atoms with van der Waals surface area (Å²) in [5.41, 5.74) is 0. The van der Waals surface area contributed by atoms with Crippen LogP contribution in [0.3, 0.4) is 0 Å². The molecule has 0 heterocycles. The summed E-state index contributed by atoms with van der Waals surface area (Å²) < 4.78 is 68.6. The molecule has 2 unspecified atom stereocenters. The van der Waals surface area contributed by atoms with Gasteiger partial charge in [-0.3, -0.25) is 37.3 Å². The Morgan fingerprint density at radius 1 is 0.276 bits per heavy atom. The quantitative estimate of drug-likeness (QED) is 0.0222. The molecule has 5 atom stereocenters. The smallest absolute Gasteiger partial charge is 0.462 e. The van der Waals surface area contributed by atoms with Crippen molar-refractivity contribution in [2.45, 2.75) is 426 Å². The number of esters is 4. The first-order chi connectivity index (χ1) is 47.2. The predicted molar refractivity (Wildman–Crippen MR) is 400 cm³/mol. The topological polar surface area (TPSA) is 237 Å². The van der Waals surface area contributed by atoms with E-state index in [1.54, 1.807) is 0 Å². The van der Waals surface area contributed by atoms with Crippen molar-refractivity contribution in [3.8, 4) is 0 Å². The summed E-state index contributed by atoms with van der Waals surface area (Å²) in [6.45, 7) is 11.9. The number of carbonyl (C=O) groups excluding carboxylic acids is 4. The van der Waals surface area contributed by atoms with Gasteiger partial charge in [-0.15, -0.1) is 0 Å². The fourth-order valence-electron chi connectivity index (χ4n) is 12.1. The summed E-state index contributed by atoms with van der Waals surface area (Å²) in [5.74, 6) is 0.142. The van der Waals surface area contributed by atoms with E-state index in [2.05, 4.69) is 48.5 Å². The Morgan fingerprint density at radius 2 is 0.469 bits per heavy atom. The highest BCUT2D eigenvalue weighted by atomic mass is 31.2. The van der Waals surface area contributed by atoms with Gasteiger partial charge in [0, 0.05) is 25.7 Å². The summed E-state index contributed by atoms with van der Waals surface area (Å²) in [7, 11) is -9.92. The maximum atomic E-state index is 13.1. The van der Waals surface area contributed by atoms with Gasteiger partial charge in [-0.05, 0) is 43.4 Å². The summed E-state index contributed by atoms with van der Waals surface area (Å²) in [4.78, 5) is 72.9. The highest BCUT2D eigenvalue weighted by Crippen LogP contribution is 2.45. The van der Waals surface area contributed by atoms with Gasteiger partial charge in [0.15, 0.2) is 12.2 Å².